The fraction of sp³-hybridized carbons (Fsp3) is 0.500. The number of pyridine rings is 1. The average Bonchev–Trinajstić information content (AvgIpc) is 2.46. The molecule has 14 heavy (non-hydrogen) atoms. The molecule has 0 aliphatic carbocycles. The highest BCUT2D eigenvalue weighted by Crippen LogP contribution is 2.19. The van der Waals surface area contributed by atoms with Crippen LogP contribution in [0.2, 0.25) is 0 Å². The van der Waals surface area contributed by atoms with Crippen molar-refractivity contribution in [1.82, 2.24) is 10.3 Å². The van der Waals surface area contributed by atoms with E-state index in [1.807, 2.05) is 12.1 Å². The molecule has 0 aromatic carbocycles. The van der Waals surface area contributed by atoms with Gasteiger partial charge in [-0.2, -0.15) is 0 Å². The molecular formula is C10H15N3O. The molecule has 4 nitrogen and oxygen atoms in total. The molecule has 1 saturated heterocycles. The second-order valence-electron chi connectivity index (χ2n) is 3.51. The van der Waals surface area contributed by atoms with Gasteiger partial charge >= 0.3 is 0 Å². The Morgan fingerprint density at radius 2 is 2.50 bits per heavy atom. The van der Waals surface area contributed by atoms with Crippen LogP contribution in [0.15, 0.2) is 24.5 Å². The zero-order valence-electron chi connectivity index (χ0n) is 8.07. The number of nitrogens with zero attached hydrogens (tertiary/aromatic N) is 1. The second kappa shape index (κ2) is 4.04. The number of ether oxygens (including phenoxy) is 1. The summed E-state index contributed by atoms with van der Waals surface area (Å²) in [7, 11) is 0. The van der Waals surface area contributed by atoms with Gasteiger partial charge in [0.25, 0.3) is 0 Å². The lowest BCUT2D eigenvalue weighted by Gasteiger charge is -2.27. The molecule has 0 saturated carbocycles. The third-order valence-corrected chi connectivity index (χ3v) is 2.40. The first-order valence-corrected chi connectivity index (χ1v) is 4.85. The molecule has 4 heteroatoms. The molecule has 0 spiro atoms. The first-order chi connectivity index (χ1) is 6.81. The van der Waals surface area contributed by atoms with E-state index < -0.39 is 5.72 Å². The Labute approximate surface area is 83.5 Å². The number of hydrogen-bond donors (Lipinski definition) is 2. The second-order valence-corrected chi connectivity index (χ2v) is 3.51. The van der Waals surface area contributed by atoms with E-state index >= 15 is 0 Å². The van der Waals surface area contributed by atoms with Crippen LogP contribution >= 0.6 is 0 Å². The van der Waals surface area contributed by atoms with Crippen LogP contribution in [0.1, 0.15) is 12.0 Å². The Balaban J connectivity index is 2.21. The molecule has 1 aromatic rings. The molecule has 1 aliphatic rings. The molecule has 76 valence electrons. The summed E-state index contributed by atoms with van der Waals surface area (Å²) in [6.45, 7) is 2.29. The maximum Gasteiger partial charge on any atom is 0.156 e. The van der Waals surface area contributed by atoms with Crippen molar-refractivity contribution >= 4 is 0 Å². The first kappa shape index (κ1) is 9.58. The minimum atomic E-state index is -0.718. The topological polar surface area (TPSA) is 60.2 Å². The van der Waals surface area contributed by atoms with E-state index in [2.05, 4.69) is 10.3 Å². The van der Waals surface area contributed by atoms with E-state index in [0.29, 0.717) is 13.2 Å². The molecule has 3 N–H and O–H groups in total. The zero-order chi connectivity index (χ0) is 9.86. The minimum absolute atomic E-state index is 0.638. The Morgan fingerprint density at radius 3 is 3.29 bits per heavy atom. The van der Waals surface area contributed by atoms with Gasteiger partial charge in [-0.15, -0.1) is 0 Å². The van der Waals surface area contributed by atoms with E-state index in [1.165, 1.54) is 0 Å². The molecule has 1 unspecified atom stereocenters. The molecule has 0 amide bonds. The van der Waals surface area contributed by atoms with Crippen LogP contribution in [0.25, 0.3) is 0 Å². The fourth-order valence-electron chi connectivity index (χ4n) is 1.58. The van der Waals surface area contributed by atoms with Crippen LogP contribution in [0.4, 0.5) is 0 Å². The van der Waals surface area contributed by atoms with Crippen LogP contribution in [-0.2, 0) is 10.5 Å². The number of aromatic nitrogens is 1. The summed E-state index contributed by atoms with van der Waals surface area (Å²) >= 11 is 0. The quantitative estimate of drug-likeness (QED) is 0.669. The fourth-order valence-corrected chi connectivity index (χ4v) is 1.58. The summed E-state index contributed by atoms with van der Waals surface area (Å²) < 4.78 is 5.65. The Kier molecular flexibility index (Phi) is 2.77. The van der Waals surface area contributed by atoms with Crippen molar-refractivity contribution in [2.45, 2.75) is 12.1 Å². The molecule has 0 radical (unpaired) electrons. The maximum absolute atomic E-state index is 6.16. The van der Waals surface area contributed by atoms with Crippen molar-refractivity contribution in [1.29, 1.82) is 0 Å². The molecule has 2 heterocycles. The predicted octanol–water partition coefficient (Wildman–Crippen LogP) is 0.203. The summed E-state index contributed by atoms with van der Waals surface area (Å²) in [4.78, 5) is 4.05. The third kappa shape index (κ3) is 1.92. The highest BCUT2D eigenvalue weighted by molar-refractivity contribution is 5.17. The molecule has 1 fully saturated rings. The smallest absolute Gasteiger partial charge is 0.156 e. The van der Waals surface area contributed by atoms with E-state index in [1.54, 1.807) is 12.4 Å². The van der Waals surface area contributed by atoms with Crippen molar-refractivity contribution in [2.75, 3.05) is 19.7 Å². The number of nitrogens with two attached hydrogens (primary N) is 1. The number of nitrogens with one attached hydrogen (secondary N) is 1. The standard InChI is InChI=1S/C10H15N3O/c11-10(8-13-5-2-6-14-10)9-3-1-4-12-7-9/h1,3-4,7,13H,2,5-6,8,11H2. The van der Waals surface area contributed by atoms with Gasteiger partial charge in [-0.1, -0.05) is 6.07 Å². The van der Waals surface area contributed by atoms with Gasteiger partial charge in [0.05, 0.1) is 6.61 Å². The van der Waals surface area contributed by atoms with Gasteiger partial charge in [-0.3, -0.25) is 10.7 Å². The molecule has 1 aliphatic heterocycles. The normalized spacial score (nSPS) is 28.4. The molecular weight excluding hydrogens is 178 g/mol. The van der Waals surface area contributed by atoms with Crippen LogP contribution in [0.3, 0.4) is 0 Å². The zero-order valence-corrected chi connectivity index (χ0v) is 8.07. The van der Waals surface area contributed by atoms with Gasteiger partial charge in [-0.25, -0.2) is 0 Å². The largest absolute Gasteiger partial charge is 0.355 e. The van der Waals surface area contributed by atoms with Crippen molar-refractivity contribution in [3.63, 3.8) is 0 Å². The van der Waals surface area contributed by atoms with Gasteiger partial charge in [0.1, 0.15) is 0 Å². The third-order valence-electron chi connectivity index (χ3n) is 2.40. The summed E-state index contributed by atoms with van der Waals surface area (Å²) in [5.41, 5.74) is 6.36. The summed E-state index contributed by atoms with van der Waals surface area (Å²) in [5, 5.41) is 3.26. The Bertz CT molecular complexity index is 281. The maximum atomic E-state index is 6.16. The van der Waals surface area contributed by atoms with Crippen molar-refractivity contribution in [3.05, 3.63) is 30.1 Å². The first-order valence-electron chi connectivity index (χ1n) is 4.85. The van der Waals surface area contributed by atoms with Crippen molar-refractivity contribution in [2.24, 2.45) is 5.73 Å². The van der Waals surface area contributed by atoms with Crippen LogP contribution < -0.4 is 11.1 Å². The van der Waals surface area contributed by atoms with Gasteiger partial charge < -0.3 is 10.1 Å². The van der Waals surface area contributed by atoms with Crippen molar-refractivity contribution in [3.8, 4) is 0 Å². The van der Waals surface area contributed by atoms with E-state index in [-0.39, 0.29) is 0 Å². The lowest BCUT2D eigenvalue weighted by atomic mass is 10.1. The molecule has 0 bridgehead atoms. The van der Waals surface area contributed by atoms with Gasteiger partial charge in [0, 0.05) is 24.5 Å². The highest BCUT2D eigenvalue weighted by atomic mass is 16.5. The SMILES string of the molecule is NC1(c2cccnc2)CNCCCO1. The predicted molar refractivity (Wildman–Crippen MR) is 53.5 cm³/mol. The van der Waals surface area contributed by atoms with Gasteiger partial charge in [0.15, 0.2) is 5.72 Å². The van der Waals surface area contributed by atoms with Crippen LogP contribution in [0.5, 0.6) is 0 Å². The number of hydrogen-bond acceptors (Lipinski definition) is 4. The Hall–Kier alpha value is -0.970. The van der Waals surface area contributed by atoms with Gasteiger partial charge in [-0.05, 0) is 19.0 Å². The molecule has 2 rings (SSSR count). The van der Waals surface area contributed by atoms with E-state index in [9.17, 15) is 0 Å². The summed E-state index contributed by atoms with van der Waals surface area (Å²) in [5.74, 6) is 0. The van der Waals surface area contributed by atoms with Crippen LogP contribution in [0, 0.1) is 0 Å². The lowest BCUT2D eigenvalue weighted by Crippen LogP contribution is -2.46. The Morgan fingerprint density at radius 1 is 1.57 bits per heavy atom. The van der Waals surface area contributed by atoms with E-state index in [0.717, 1.165) is 18.5 Å². The highest BCUT2D eigenvalue weighted by Gasteiger charge is 2.29. The summed E-state index contributed by atoms with van der Waals surface area (Å²) in [6.07, 6.45) is 4.49. The average molecular weight is 193 g/mol. The molecule has 1 aromatic heterocycles. The summed E-state index contributed by atoms with van der Waals surface area (Å²) in [6, 6.07) is 3.82. The van der Waals surface area contributed by atoms with E-state index in [4.69, 9.17) is 10.5 Å². The minimum Gasteiger partial charge on any atom is -0.355 e. The number of rotatable bonds is 1. The van der Waals surface area contributed by atoms with Crippen molar-refractivity contribution < 1.29 is 4.74 Å². The monoisotopic (exact) mass is 193 g/mol. The van der Waals surface area contributed by atoms with Gasteiger partial charge in [0.2, 0.25) is 0 Å². The van der Waals surface area contributed by atoms with Crippen LogP contribution in [-0.4, -0.2) is 24.7 Å². The lowest BCUT2D eigenvalue weighted by molar-refractivity contribution is -0.0336. The molecule has 1 atom stereocenters.